The van der Waals surface area contributed by atoms with Gasteiger partial charge in [0.15, 0.2) is 12.6 Å². The number of carbonyl (C=O) groups is 2. The lowest BCUT2D eigenvalue weighted by molar-refractivity contribution is -0.318. The molecule has 472 valence electrons. The van der Waals surface area contributed by atoms with Gasteiger partial charge in [0.2, 0.25) is 5.91 Å². The van der Waals surface area contributed by atoms with Crippen LogP contribution in [-0.4, -0.2) is 186 Å². The Labute approximate surface area is 504 Å². The number of esters is 1. The zero-order valence-electron chi connectivity index (χ0n) is 53.4. The number of hydrogen-bond donors (Lipinski definition) is 5. The first-order valence-electron chi connectivity index (χ1n) is 31.2. The molecule has 17 heteroatoms. The van der Waals surface area contributed by atoms with Crippen LogP contribution in [0.4, 0.5) is 5.69 Å². The molecule has 0 bridgehead atoms. The lowest BCUT2D eigenvalue weighted by Gasteiger charge is -2.48. The predicted octanol–water partition coefficient (Wildman–Crippen LogP) is 7.98. The molecule has 3 heterocycles. The summed E-state index contributed by atoms with van der Waals surface area (Å²) in [7, 11) is 7.45. The van der Waals surface area contributed by atoms with Crippen LogP contribution in [0.5, 0.6) is 0 Å². The smallest absolute Gasteiger partial charge is 0.311 e. The van der Waals surface area contributed by atoms with Crippen molar-refractivity contribution in [3.8, 4) is 0 Å². The van der Waals surface area contributed by atoms with Crippen molar-refractivity contribution >= 4 is 40.7 Å². The van der Waals surface area contributed by atoms with E-state index in [-0.39, 0.29) is 50.3 Å². The average molecular weight is 1190 g/mol. The molecule has 0 unspecified atom stereocenters. The number of hydrogen-bond acceptors (Lipinski definition) is 15. The highest BCUT2D eigenvalue weighted by molar-refractivity contribution is 7.95. The number of likely N-dealkylation sites (N-methyl/N-ethyl adjacent to an activating group) is 1. The molecule has 0 radical (unpaired) electrons. The summed E-state index contributed by atoms with van der Waals surface area (Å²) in [6.07, 6.45) is -1.59. The summed E-state index contributed by atoms with van der Waals surface area (Å²) in [6.45, 7) is 17.4. The van der Waals surface area contributed by atoms with E-state index in [0.717, 1.165) is 44.7 Å². The highest BCUT2D eigenvalue weighted by Gasteiger charge is 2.53. The first-order chi connectivity index (χ1) is 39.6. The summed E-state index contributed by atoms with van der Waals surface area (Å²) >= 11 is 0. The quantitative estimate of drug-likeness (QED) is 0.0390. The molecule has 0 spiro atoms. The van der Waals surface area contributed by atoms with E-state index in [9.17, 15) is 35.1 Å². The largest absolute Gasteiger partial charge is 0.459 e. The number of ether oxygens (including phenoxy) is 6. The second-order valence-corrected chi connectivity index (χ2v) is 29.7. The maximum absolute atomic E-state index is 14.7. The van der Waals surface area contributed by atoms with Crippen LogP contribution >= 0.6 is 7.26 Å². The molecule has 0 aromatic heterocycles. The lowest BCUT2D eigenvalue weighted by Crippen LogP contribution is -2.60. The number of carbonyl (C=O) groups excluding carboxylic acids is 2. The minimum atomic E-state index is -2.02. The molecular formula is C67H107N3O13P+. The fraction of sp³-hybridized carbons (Fsp3) is 0.701. The highest BCUT2D eigenvalue weighted by atomic mass is 31.2. The van der Waals surface area contributed by atoms with Gasteiger partial charge in [-0.3, -0.25) is 9.59 Å². The number of anilines is 1. The average Bonchev–Trinajstić information content (AvgIpc) is 1.42. The van der Waals surface area contributed by atoms with Crippen LogP contribution in [0, 0.1) is 17.8 Å². The minimum Gasteiger partial charge on any atom is -0.459 e. The molecule has 3 aliphatic rings. The van der Waals surface area contributed by atoms with Crippen molar-refractivity contribution in [2.75, 3.05) is 52.9 Å². The first kappa shape index (κ1) is 69.5. The molecule has 3 aromatic carbocycles. The third-order valence-corrected chi connectivity index (χ3v) is 23.3. The Morgan fingerprint density at radius 2 is 1.30 bits per heavy atom. The molecule has 16 nitrogen and oxygen atoms in total. The summed E-state index contributed by atoms with van der Waals surface area (Å²) < 4.78 is 38.3. The minimum absolute atomic E-state index is 0.0665. The van der Waals surface area contributed by atoms with Gasteiger partial charge < -0.3 is 68.7 Å². The number of amides is 1. The monoisotopic (exact) mass is 1190 g/mol. The predicted molar refractivity (Wildman–Crippen MR) is 335 cm³/mol. The number of aliphatic hydroxyl groups excluding tert-OH is 3. The van der Waals surface area contributed by atoms with Crippen LogP contribution in [0.2, 0.25) is 0 Å². The summed E-state index contributed by atoms with van der Waals surface area (Å²) in [5.74, 6) is -3.30. The number of methoxy groups -OCH3 is 1. The van der Waals surface area contributed by atoms with Crippen molar-refractivity contribution in [2.45, 2.75) is 237 Å². The van der Waals surface area contributed by atoms with E-state index in [4.69, 9.17) is 28.4 Å². The van der Waals surface area contributed by atoms with Gasteiger partial charge in [0.25, 0.3) is 0 Å². The van der Waals surface area contributed by atoms with E-state index < -0.39 is 109 Å². The van der Waals surface area contributed by atoms with Gasteiger partial charge in [-0.2, -0.15) is 0 Å². The third kappa shape index (κ3) is 16.6. The van der Waals surface area contributed by atoms with Crippen LogP contribution in [0.25, 0.3) is 0 Å². The van der Waals surface area contributed by atoms with E-state index in [2.05, 4.69) is 104 Å². The molecule has 3 fully saturated rings. The van der Waals surface area contributed by atoms with Crippen LogP contribution in [0.3, 0.4) is 0 Å². The zero-order chi connectivity index (χ0) is 61.9. The molecule has 84 heavy (non-hydrogen) atoms. The van der Waals surface area contributed by atoms with Crippen LogP contribution in [0.1, 0.15) is 146 Å². The van der Waals surface area contributed by atoms with Gasteiger partial charge in [-0.05, 0) is 156 Å². The Bertz CT molecular complexity index is 2430. The van der Waals surface area contributed by atoms with Crippen molar-refractivity contribution < 1.29 is 63.5 Å². The maximum atomic E-state index is 14.7. The molecule has 6 rings (SSSR count). The van der Waals surface area contributed by atoms with Gasteiger partial charge in [0.1, 0.15) is 53.2 Å². The molecule has 0 saturated carbocycles. The van der Waals surface area contributed by atoms with E-state index in [1.165, 1.54) is 35.6 Å². The number of nitrogens with zero attached hydrogens (tertiary/aromatic N) is 3. The van der Waals surface area contributed by atoms with Gasteiger partial charge in [-0.15, -0.1) is 0 Å². The van der Waals surface area contributed by atoms with E-state index >= 15 is 0 Å². The second kappa shape index (κ2) is 30.5. The fourth-order valence-electron chi connectivity index (χ4n) is 13.7. The normalized spacial score (nSPS) is 35.0. The SMILES string of the molecule is CC[C@H]1OC(=O)[C@H](C)[C@@H](O[C@H]2C[C@@](C)(OC)[C@@H](O)[C@H](C)O2)[C@H](C)[C@@H](O[C@@H]2O[C@H](C)C[C@H](N(C)C)[C@H]2O)[C@](C)(O)C[C@@H](C)CN(C(=O)CCCCCCCCC[P+](c2ccccc2)(c2ccccc2)c2ccc(N(C)C)cc2)[C@H](C)[C@@H](O)[C@]1(C)O. The van der Waals surface area contributed by atoms with E-state index in [1.807, 2.05) is 32.8 Å². The number of benzene rings is 3. The molecule has 0 aliphatic carbocycles. The Morgan fingerprint density at radius 1 is 0.738 bits per heavy atom. The van der Waals surface area contributed by atoms with E-state index in [1.54, 1.807) is 53.4 Å². The molecule has 3 aliphatic heterocycles. The molecule has 3 aromatic rings. The fourth-order valence-corrected chi connectivity index (χ4v) is 18.1. The van der Waals surface area contributed by atoms with Crippen molar-refractivity contribution in [1.82, 2.24) is 9.80 Å². The van der Waals surface area contributed by atoms with Crippen molar-refractivity contribution in [3.63, 3.8) is 0 Å². The molecular weight excluding hydrogens is 1090 g/mol. The van der Waals surface area contributed by atoms with E-state index in [0.29, 0.717) is 12.8 Å². The number of cyclic esters (lactones) is 1. The van der Waals surface area contributed by atoms with Crippen molar-refractivity contribution in [3.05, 3.63) is 84.9 Å². The Balaban J connectivity index is 1.20. The first-order valence-corrected chi connectivity index (χ1v) is 33.2. The maximum Gasteiger partial charge on any atom is 0.311 e. The second-order valence-electron chi connectivity index (χ2n) is 26.1. The summed E-state index contributed by atoms with van der Waals surface area (Å²) in [5.41, 5.74) is -3.64. The Hall–Kier alpha value is -3.61. The lowest BCUT2D eigenvalue weighted by atomic mass is 9.77. The number of rotatable bonds is 21. The van der Waals surface area contributed by atoms with Gasteiger partial charge in [-0.1, -0.05) is 82.9 Å². The zero-order valence-corrected chi connectivity index (χ0v) is 54.3. The van der Waals surface area contributed by atoms with Gasteiger partial charge in [0, 0.05) is 58.2 Å². The van der Waals surface area contributed by atoms with Crippen LogP contribution in [0.15, 0.2) is 84.9 Å². The van der Waals surface area contributed by atoms with Crippen LogP contribution in [-0.2, 0) is 38.0 Å². The summed E-state index contributed by atoms with van der Waals surface area (Å²) in [6, 6.07) is 29.9. The molecule has 18 atom stereocenters. The molecule has 3 saturated heterocycles. The third-order valence-electron chi connectivity index (χ3n) is 18.8. The number of aliphatic hydroxyl groups is 5. The standard InChI is InChI=1S/C67H107N3O13P/c1-16-55-67(10,77)60(73)48(6)70(56(71)34-28-20-18-17-19-21-29-39-84(51-30-24-22-25-31-51,52-32-26-23-27-33-52)53-37-35-50(36-38-53)68(11)12)43-44(2)41-65(8,76)62(83-64-58(72)54(69(13)14)40-45(3)79-64)46(4)59(47(5)63(75)81-55)82-57-42-66(9,78-15)61(74)49(7)80-57/h22-27,30-33,35-38,44-49,54-55,57-62,64,72-74,76-77H,16-21,28-29,34,39-43H2,1-15H3/q+1/t44-,45-,46+,47-,48-,49+,54+,55-,57+,58-,59+,60-,61+,62-,64+,65-,66-,67-/m1/s1. The summed E-state index contributed by atoms with van der Waals surface area (Å²) in [4.78, 5) is 35.1. The van der Waals surface area contributed by atoms with Gasteiger partial charge >= 0.3 is 5.97 Å². The van der Waals surface area contributed by atoms with Gasteiger partial charge in [-0.25, -0.2) is 0 Å². The van der Waals surface area contributed by atoms with Crippen molar-refractivity contribution in [2.24, 2.45) is 17.8 Å². The number of unbranched alkanes of at least 4 members (excludes halogenated alkanes) is 6. The molecule has 5 N–H and O–H groups in total. The Kier molecular flexibility index (Phi) is 25.3. The van der Waals surface area contributed by atoms with Gasteiger partial charge in [0.05, 0.1) is 53.7 Å². The Morgan fingerprint density at radius 3 is 1.85 bits per heavy atom. The molecule has 1 amide bonds. The summed E-state index contributed by atoms with van der Waals surface area (Å²) in [5, 5.41) is 64.8. The van der Waals surface area contributed by atoms with Crippen molar-refractivity contribution in [1.29, 1.82) is 0 Å². The topological polar surface area (TPSA) is 200 Å². The highest BCUT2D eigenvalue weighted by Crippen LogP contribution is 2.56. The van der Waals surface area contributed by atoms with Crippen LogP contribution < -0.4 is 20.8 Å².